The molecule has 1 heterocycles. The third-order valence-corrected chi connectivity index (χ3v) is 2.42. The molecule has 4 heteroatoms. The molecule has 1 atom stereocenters. The molecule has 1 N–H and O–H groups in total. The Hall–Kier alpha value is -1.63. The van der Waals surface area contributed by atoms with E-state index in [9.17, 15) is 0 Å². The molecule has 0 fully saturated rings. The Bertz CT molecular complexity index is 381. The van der Waals surface area contributed by atoms with Gasteiger partial charge in [-0.3, -0.25) is 0 Å². The van der Waals surface area contributed by atoms with Crippen LogP contribution < -0.4 is 5.32 Å². The summed E-state index contributed by atoms with van der Waals surface area (Å²) in [6.07, 6.45) is 4.32. The van der Waals surface area contributed by atoms with Crippen molar-refractivity contribution >= 4 is 5.95 Å². The minimum Gasteiger partial charge on any atom is -0.352 e. The standard InChI is InChI=1S/C12H18N4/c1-4-5-10(3)15-12-14-8-9(2)11(16-12)6-7-13/h8,10H,4-6H2,1-3H3,(H,14,15,16). The summed E-state index contributed by atoms with van der Waals surface area (Å²) in [4.78, 5) is 8.55. The molecule has 0 saturated carbocycles. The lowest BCUT2D eigenvalue weighted by molar-refractivity contribution is 0.683. The average Bonchev–Trinajstić information content (AvgIpc) is 2.24. The molecule has 0 aliphatic rings. The Kier molecular flexibility index (Phi) is 4.71. The van der Waals surface area contributed by atoms with Crippen LogP contribution in [0.5, 0.6) is 0 Å². The molecule has 0 aromatic carbocycles. The fraction of sp³-hybridized carbons (Fsp3) is 0.583. The summed E-state index contributed by atoms with van der Waals surface area (Å²) in [5, 5.41) is 11.9. The van der Waals surface area contributed by atoms with E-state index in [4.69, 9.17) is 5.26 Å². The molecule has 0 amide bonds. The van der Waals surface area contributed by atoms with E-state index in [1.54, 1.807) is 6.20 Å². The fourth-order valence-electron chi connectivity index (χ4n) is 1.53. The Morgan fingerprint density at radius 2 is 2.31 bits per heavy atom. The third-order valence-electron chi connectivity index (χ3n) is 2.42. The van der Waals surface area contributed by atoms with Crippen LogP contribution in [0.2, 0.25) is 0 Å². The summed E-state index contributed by atoms with van der Waals surface area (Å²) in [5.41, 5.74) is 1.78. The monoisotopic (exact) mass is 218 g/mol. The van der Waals surface area contributed by atoms with Crippen molar-refractivity contribution in [1.29, 1.82) is 5.26 Å². The molecule has 4 nitrogen and oxygen atoms in total. The second-order valence-corrected chi connectivity index (χ2v) is 3.99. The predicted molar refractivity (Wildman–Crippen MR) is 64.1 cm³/mol. The van der Waals surface area contributed by atoms with Gasteiger partial charge in [-0.25, -0.2) is 9.97 Å². The number of rotatable bonds is 5. The van der Waals surface area contributed by atoms with Crippen molar-refractivity contribution in [2.45, 2.75) is 46.1 Å². The Labute approximate surface area is 96.7 Å². The first-order chi connectivity index (χ1) is 7.67. The van der Waals surface area contributed by atoms with Gasteiger partial charge in [0.2, 0.25) is 5.95 Å². The lowest BCUT2D eigenvalue weighted by atomic mass is 10.2. The maximum Gasteiger partial charge on any atom is 0.223 e. The maximum atomic E-state index is 8.67. The normalized spacial score (nSPS) is 11.9. The zero-order valence-corrected chi connectivity index (χ0v) is 10.1. The number of aromatic nitrogens is 2. The van der Waals surface area contributed by atoms with Crippen molar-refractivity contribution < 1.29 is 0 Å². The molecule has 0 aliphatic heterocycles. The minimum absolute atomic E-state index is 0.338. The lowest BCUT2D eigenvalue weighted by Gasteiger charge is -2.13. The van der Waals surface area contributed by atoms with E-state index in [1.807, 2.05) is 6.92 Å². The first kappa shape index (κ1) is 12.4. The zero-order valence-electron chi connectivity index (χ0n) is 10.1. The second kappa shape index (κ2) is 6.06. The Morgan fingerprint density at radius 3 is 2.94 bits per heavy atom. The van der Waals surface area contributed by atoms with Crippen LogP contribution in [-0.2, 0) is 6.42 Å². The summed E-state index contributed by atoms with van der Waals surface area (Å²) in [6.45, 7) is 6.18. The number of hydrogen-bond donors (Lipinski definition) is 1. The van der Waals surface area contributed by atoms with Crippen molar-refractivity contribution in [2.75, 3.05) is 5.32 Å². The fourth-order valence-corrected chi connectivity index (χ4v) is 1.53. The van der Waals surface area contributed by atoms with Crippen LogP contribution in [0.4, 0.5) is 5.95 Å². The van der Waals surface area contributed by atoms with Gasteiger partial charge in [0.15, 0.2) is 0 Å². The van der Waals surface area contributed by atoms with Crippen LogP contribution in [0, 0.1) is 18.3 Å². The first-order valence-corrected chi connectivity index (χ1v) is 5.63. The topological polar surface area (TPSA) is 61.6 Å². The first-order valence-electron chi connectivity index (χ1n) is 5.63. The number of hydrogen-bond acceptors (Lipinski definition) is 4. The molecule has 1 unspecified atom stereocenters. The van der Waals surface area contributed by atoms with E-state index in [-0.39, 0.29) is 0 Å². The van der Waals surface area contributed by atoms with Gasteiger partial charge < -0.3 is 5.32 Å². The summed E-state index contributed by atoms with van der Waals surface area (Å²) >= 11 is 0. The summed E-state index contributed by atoms with van der Waals surface area (Å²) in [7, 11) is 0. The highest BCUT2D eigenvalue weighted by molar-refractivity contribution is 5.31. The van der Waals surface area contributed by atoms with Gasteiger partial charge in [0.05, 0.1) is 18.2 Å². The molecule has 1 rings (SSSR count). The number of nitrogens with zero attached hydrogens (tertiary/aromatic N) is 3. The van der Waals surface area contributed by atoms with Crippen LogP contribution in [0.25, 0.3) is 0 Å². The van der Waals surface area contributed by atoms with Crippen LogP contribution in [0.15, 0.2) is 6.20 Å². The molecule has 0 aliphatic carbocycles. The molecule has 0 radical (unpaired) electrons. The number of anilines is 1. The molecule has 0 saturated heterocycles. The van der Waals surface area contributed by atoms with Gasteiger partial charge in [-0.05, 0) is 25.8 Å². The van der Waals surface area contributed by atoms with Crippen molar-refractivity contribution in [3.8, 4) is 6.07 Å². The van der Waals surface area contributed by atoms with Crippen LogP contribution >= 0.6 is 0 Å². The Morgan fingerprint density at radius 1 is 1.56 bits per heavy atom. The number of nitriles is 1. The van der Waals surface area contributed by atoms with Gasteiger partial charge in [-0.15, -0.1) is 0 Å². The molecule has 1 aromatic heterocycles. The van der Waals surface area contributed by atoms with E-state index >= 15 is 0 Å². The quantitative estimate of drug-likeness (QED) is 0.824. The van der Waals surface area contributed by atoms with Gasteiger partial charge >= 0.3 is 0 Å². The molecule has 16 heavy (non-hydrogen) atoms. The van der Waals surface area contributed by atoms with Crippen molar-refractivity contribution in [3.63, 3.8) is 0 Å². The Balaban J connectivity index is 2.75. The van der Waals surface area contributed by atoms with E-state index < -0.39 is 0 Å². The molecule has 86 valence electrons. The van der Waals surface area contributed by atoms with Crippen molar-refractivity contribution in [2.24, 2.45) is 0 Å². The molecule has 0 bridgehead atoms. The van der Waals surface area contributed by atoms with Crippen LogP contribution in [-0.4, -0.2) is 16.0 Å². The van der Waals surface area contributed by atoms with E-state index in [0.29, 0.717) is 18.4 Å². The summed E-state index contributed by atoms with van der Waals surface area (Å²) in [6, 6.07) is 2.48. The number of aryl methyl sites for hydroxylation is 1. The van der Waals surface area contributed by atoms with Gasteiger partial charge in [-0.1, -0.05) is 13.3 Å². The average molecular weight is 218 g/mol. The zero-order chi connectivity index (χ0) is 12.0. The van der Waals surface area contributed by atoms with Crippen LogP contribution in [0.1, 0.15) is 37.9 Å². The molecule has 1 aromatic rings. The lowest BCUT2D eigenvalue weighted by Crippen LogP contribution is -2.17. The summed E-state index contributed by atoms with van der Waals surface area (Å²) < 4.78 is 0. The van der Waals surface area contributed by atoms with Crippen LogP contribution in [0.3, 0.4) is 0 Å². The molecular weight excluding hydrogens is 200 g/mol. The summed E-state index contributed by atoms with van der Waals surface area (Å²) in [5.74, 6) is 0.622. The van der Waals surface area contributed by atoms with E-state index in [1.165, 1.54) is 0 Å². The molecule has 0 spiro atoms. The highest BCUT2D eigenvalue weighted by Gasteiger charge is 2.06. The second-order valence-electron chi connectivity index (χ2n) is 3.99. The highest BCUT2D eigenvalue weighted by atomic mass is 15.1. The largest absolute Gasteiger partial charge is 0.352 e. The third kappa shape index (κ3) is 3.50. The maximum absolute atomic E-state index is 8.67. The van der Waals surface area contributed by atoms with E-state index in [0.717, 1.165) is 24.1 Å². The molecular formula is C12H18N4. The van der Waals surface area contributed by atoms with Gasteiger partial charge in [0, 0.05) is 12.2 Å². The SMILES string of the molecule is CCCC(C)Nc1ncc(C)c(CC#N)n1. The smallest absolute Gasteiger partial charge is 0.223 e. The van der Waals surface area contributed by atoms with E-state index in [2.05, 4.69) is 35.2 Å². The minimum atomic E-state index is 0.338. The number of nitrogens with one attached hydrogen (secondary N) is 1. The highest BCUT2D eigenvalue weighted by Crippen LogP contribution is 2.09. The predicted octanol–water partition coefficient (Wildman–Crippen LogP) is 2.45. The van der Waals surface area contributed by atoms with Crippen molar-refractivity contribution in [1.82, 2.24) is 9.97 Å². The van der Waals surface area contributed by atoms with Gasteiger partial charge in [-0.2, -0.15) is 5.26 Å². The van der Waals surface area contributed by atoms with Gasteiger partial charge in [0.1, 0.15) is 0 Å². The van der Waals surface area contributed by atoms with Gasteiger partial charge in [0.25, 0.3) is 0 Å². The van der Waals surface area contributed by atoms with Crippen molar-refractivity contribution in [3.05, 3.63) is 17.5 Å².